The molecule has 0 radical (unpaired) electrons. The molecule has 0 aliphatic rings. The number of amides is 1. The van der Waals surface area contributed by atoms with E-state index in [1.54, 1.807) is 23.3 Å². The van der Waals surface area contributed by atoms with Crippen molar-refractivity contribution in [3.05, 3.63) is 61.2 Å². The lowest BCUT2D eigenvalue weighted by Crippen LogP contribution is -2.07. The summed E-state index contributed by atoms with van der Waals surface area (Å²) < 4.78 is 3.65. The van der Waals surface area contributed by atoms with Gasteiger partial charge in [0.2, 0.25) is 11.9 Å². The van der Waals surface area contributed by atoms with E-state index in [1.165, 1.54) is 6.08 Å². The number of nitrogens with zero attached hydrogens (tertiary/aromatic N) is 5. The summed E-state index contributed by atoms with van der Waals surface area (Å²) in [6.45, 7) is 5.90. The average molecular weight is 417 g/mol. The molecule has 1 amide bonds. The molecule has 0 aliphatic heterocycles. The first-order valence-electron chi connectivity index (χ1n) is 9.75. The Labute approximate surface area is 179 Å². The fraction of sp³-hybridized carbons (Fsp3) is 0.182. The van der Waals surface area contributed by atoms with Gasteiger partial charge in [0.25, 0.3) is 0 Å². The quantitative estimate of drug-likeness (QED) is 0.399. The lowest BCUT2D eigenvalue weighted by Gasteiger charge is -2.08. The van der Waals surface area contributed by atoms with Crippen LogP contribution in [0.3, 0.4) is 0 Å². The van der Waals surface area contributed by atoms with Gasteiger partial charge >= 0.3 is 0 Å². The van der Waals surface area contributed by atoms with Crippen LogP contribution in [0.15, 0.2) is 55.6 Å². The van der Waals surface area contributed by atoms with E-state index in [2.05, 4.69) is 27.3 Å². The molecule has 0 aliphatic carbocycles. The van der Waals surface area contributed by atoms with E-state index in [0.29, 0.717) is 18.2 Å². The number of rotatable bonds is 7. The number of aliphatic hydroxyl groups is 1. The highest BCUT2D eigenvalue weighted by Gasteiger charge is 2.15. The summed E-state index contributed by atoms with van der Waals surface area (Å²) in [6.07, 6.45) is 8.49. The zero-order valence-corrected chi connectivity index (χ0v) is 17.3. The zero-order chi connectivity index (χ0) is 22.0. The highest BCUT2D eigenvalue weighted by atomic mass is 16.3. The van der Waals surface area contributed by atoms with Crippen molar-refractivity contribution in [1.82, 2.24) is 24.3 Å². The minimum Gasteiger partial charge on any atom is -0.394 e. The van der Waals surface area contributed by atoms with Crippen LogP contribution in [-0.2, 0) is 18.4 Å². The summed E-state index contributed by atoms with van der Waals surface area (Å²) in [5, 5.41) is 20.2. The van der Waals surface area contributed by atoms with Crippen molar-refractivity contribution in [2.75, 3.05) is 17.2 Å². The van der Waals surface area contributed by atoms with Crippen LogP contribution in [0, 0.1) is 6.92 Å². The highest BCUT2D eigenvalue weighted by Crippen LogP contribution is 2.33. The molecule has 1 aromatic carbocycles. The Morgan fingerprint density at radius 2 is 2.10 bits per heavy atom. The van der Waals surface area contributed by atoms with Gasteiger partial charge in [0.15, 0.2) is 0 Å². The van der Waals surface area contributed by atoms with Gasteiger partial charge in [-0.3, -0.25) is 9.48 Å². The van der Waals surface area contributed by atoms with Crippen molar-refractivity contribution < 1.29 is 9.90 Å². The van der Waals surface area contributed by atoms with Crippen molar-refractivity contribution in [3.63, 3.8) is 0 Å². The highest BCUT2D eigenvalue weighted by molar-refractivity contribution is 6.02. The molecule has 3 N–H and O–H groups in total. The summed E-state index contributed by atoms with van der Waals surface area (Å²) in [4.78, 5) is 20.7. The van der Waals surface area contributed by atoms with Crippen molar-refractivity contribution in [3.8, 4) is 11.3 Å². The molecule has 158 valence electrons. The second-order valence-corrected chi connectivity index (χ2v) is 7.14. The maximum absolute atomic E-state index is 11.6. The SMILES string of the molecule is C=CC(=O)Nc1ccc2c(-c3nc(Nc4cnn(CCO)c4)ncc3C)cn(C)c2c1. The smallest absolute Gasteiger partial charge is 0.247 e. The molecule has 4 rings (SSSR count). The molecule has 0 unspecified atom stereocenters. The van der Waals surface area contributed by atoms with E-state index < -0.39 is 0 Å². The summed E-state index contributed by atoms with van der Waals surface area (Å²) >= 11 is 0. The third-order valence-corrected chi connectivity index (χ3v) is 4.89. The standard InChI is InChI=1S/C22H23N7O2/c1-4-20(31)25-15-5-6-17-18(13-28(3)19(17)9-15)21-14(2)10-23-22(27-21)26-16-11-24-29(12-16)7-8-30/h4-6,9-13,30H,1,7-8H2,2-3H3,(H,25,31)(H,23,26,27). The predicted octanol–water partition coefficient (Wildman–Crippen LogP) is 3.00. The molecule has 9 nitrogen and oxygen atoms in total. The summed E-state index contributed by atoms with van der Waals surface area (Å²) in [5.74, 6) is 0.203. The molecule has 3 heterocycles. The molecule has 3 aromatic heterocycles. The fourth-order valence-electron chi connectivity index (χ4n) is 3.40. The van der Waals surface area contributed by atoms with Gasteiger partial charge in [0.05, 0.1) is 36.2 Å². The minimum absolute atomic E-state index is 0.0202. The van der Waals surface area contributed by atoms with Crippen LogP contribution >= 0.6 is 0 Å². The summed E-state index contributed by atoms with van der Waals surface area (Å²) in [7, 11) is 1.95. The predicted molar refractivity (Wildman–Crippen MR) is 120 cm³/mol. The molecule has 31 heavy (non-hydrogen) atoms. The monoisotopic (exact) mass is 417 g/mol. The number of carbonyl (C=O) groups is 1. The van der Waals surface area contributed by atoms with Gasteiger partial charge in [0, 0.05) is 42.3 Å². The number of nitrogens with one attached hydrogen (secondary N) is 2. The fourth-order valence-corrected chi connectivity index (χ4v) is 3.40. The first kappa shape index (κ1) is 20.3. The molecule has 4 aromatic rings. The van der Waals surface area contributed by atoms with Crippen LogP contribution in [0.2, 0.25) is 0 Å². The maximum Gasteiger partial charge on any atom is 0.247 e. The van der Waals surface area contributed by atoms with Crippen LogP contribution in [0.4, 0.5) is 17.3 Å². The molecule has 0 atom stereocenters. The molecule has 9 heteroatoms. The molecule has 0 saturated carbocycles. The van der Waals surface area contributed by atoms with Crippen LogP contribution in [0.1, 0.15) is 5.56 Å². The lowest BCUT2D eigenvalue weighted by molar-refractivity contribution is -0.111. The van der Waals surface area contributed by atoms with E-state index in [-0.39, 0.29) is 12.5 Å². The van der Waals surface area contributed by atoms with E-state index in [1.807, 2.05) is 42.9 Å². The number of hydrogen-bond acceptors (Lipinski definition) is 6. The van der Waals surface area contributed by atoms with Gasteiger partial charge in [-0.2, -0.15) is 5.10 Å². The number of hydrogen-bond donors (Lipinski definition) is 3. The topological polar surface area (TPSA) is 110 Å². The third-order valence-electron chi connectivity index (χ3n) is 4.89. The zero-order valence-electron chi connectivity index (χ0n) is 17.3. The van der Waals surface area contributed by atoms with Gasteiger partial charge in [0.1, 0.15) is 0 Å². The Kier molecular flexibility index (Phi) is 5.50. The molecule has 0 saturated heterocycles. The van der Waals surface area contributed by atoms with Gasteiger partial charge in [-0.25, -0.2) is 9.97 Å². The van der Waals surface area contributed by atoms with E-state index in [4.69, 9.17) is 10.1 Å². The number of aliphatic hydroxyl groups excluding tert-OH is 1. The number of benzene rings is 1. The Hall–Kier alpha value is -3.98. The second-order valence-electron chi connectivity index (χ2n) is 7.14. The van der Waals surface area contributed by atoms with E-state index >= 15 is 0 Å². The van der Waals surface area contributed by atoms with Crippen molar-refractivity contribution in [2.24, 2.45) is 7.05 Å². The molecular formula is C22H23N7O2. The number of aromatic nitrogens is 5. The lowest BCUT2D eigenvalue weighted by atomic mass is 10.1. The molecule has 0 fully saturated rings. The van der Waals surface area contributed by atoms with Crippen LogP contribution in [-0.4, -0.2) is 41.9 Å². The van der Waals surface area contributed by atoms with Crippen molar-refractivity contribution in [2.45, 2.75) is 13.5 Å². The second kappa shape index (κ2) is 8.41. The summed E-state index contributed by atoms with van der Waals surface area (Å²) in [6, 6.07) is 5.75. The Morgan fingerprint density at radius 1 is 1.26 bits per heavy atom. The van der Waals surface area contributed by atoms with Crippen molar-refractivity contribution in [1.29, 1.82) is 0 Å². The largest absolute Gasteiger partial charge is 0.394 e. The first-order chi connectivity index (χ1) is 15.0. The van der Waals surface area contributed by atoms with Crippen LogP contribution in [0.25, 0.3) is 22.2 Å². The number of carbonyl (C=O) groups excluding carboxylic acids is 1. The Morgan fingerprint density at radius 3 is 2.87 bits per heavy atom. The third kappa shape index (κ3) is 4.17. The number of anilines is 3. The molecule has 0 spiro atoms. The summed E-state index contributed by atoms with van der Waals surface area (Å²) in [5.41, 5.74) is 5.13. The van der Waals surface area contributed by atoms with Gasteiger partial charge in [-0.1, -0.05) is 12.6 Å². The number of aryl methyl sites for hydroxylation is 2. The van der Waals surface area contributed by atoms with Gasteiger partial charge in [-0.05, 0) is 30.7 Å². The van der Waals surface area contributed by atoms with Crippen LogP contribution in [0.5, 0.6) is 0 Å². The molecule has 0 bridgehead atoms. The Bertz CT molecular complexity index is 1270. The Balaban J connectivity index is 1.69. The van der Waals surface area contributed by atoms with Gasteiger partial charge in [-0.15, -0.1) is 0 Å². The maximum atomic E-state index is 11.6. The van der Waals surface area contributed by atoms with E-state index in [9.17, 15) is 4.79 Å². The normalized spacial score (nSPS) is 10.9. The molecular weight excluding hydrogens is 394 g/mol. The van der Waals surface area contributed by atoms with Crippen LogP contribution < -0.4 is 10.6 Å². The van der Waals surface area contributed by atoms with Gasteiger partial charge < -0.3 is 20.3 Å². The minimum atomic E-state index is -0.251. The van der Waals surface area contributed by atoms with Crippen molar-refractivity contribution >= 4 is 34.1 Å². The average Bonchev–Trinajstić information content (AvgIpc) is 3.33. The number of fused-ring (bicyclic) bond motifs is 1. The first-order valence-corrected chi connectivity index (χ1v) is 9.75. The van der Waals surface area contributed by atoms with E-state index in [0.717, 1.165) is 33.4 Å².